The zero-order chi connectivity index (χ0) is 13.0. The molecule has 0 saturated carbocycles. The van der Waals surface area contributed by atoms with Gasteiger partial charge in [0.05, 0.1) is 6.10 Å². The number of ether oxygens (including phenoxy) is 1. The van der Waals surface area contributed by atoms with Crippen molar-refractivity contribution in [2.24, 2.45) is 0 Å². The van der Waals surface area contributed by atoms with Crippen LogP contribution in [-0.4, -0.2) is 43.3 Å². The lowest BCUT2D eigenvalue weighted by Gasteiger charge is -2.33. The maximum absolute atomic E-state index is 5.46. The summed E-state index contributed by atoms with van der Waals surface area (Å²) in [5, 5.41) is 3.10. The first kappa shape index (κ1) is 13.1. The first-order valence-electron chi connectivity index (χ1n) is 6.60. The number of nitrogens with zero attached hydrogens (tertiary/aromatic N) is 3. The van der Waals surface area contributed by atoms with E-state index in [2.05, 4.69) is 27.1 Å². The summed E-state index contributed by atoms with van der Waals surface area (Å²) in [6, 6.07) is 2.01. The summed E-state index contributed by atoms with van der Waals surface area (Å²) in [6.07, 6.45) is 3.46. The van der Waals surface area contributed by atoms with Crippen LogP contribution in [0.1, 0.15) is 25.6 Å². The van der Waals surface area contributed by atoms with Gasteiger partial charge in [0.1, 0.15) is 17.5 Å². The predicted octanol–water partition coefficient (Wildman–Crippen LogP) is 1.70. The third-order valence-corrected chi connectivity index (χ3v) is 3.37. The number of methoxy groups -OCH3 is 1. The van der Waals surface area contributed by atoms with Gasteiger partial charge in [-0.05, 0) is 12.8 Å². The number of aryl methyl sites for hydroxylation is 1. The van der Waals surface area contributed by atoms with E-state index in [9.17, 15) is 0 Å². The maximum atomic E-state index is 5.46. The molecule has 5 nitrogen and oxygen atoms in total. The second-order valence-corrected chi connectivity index (χ2v) is 4.58. The van der Waals surface area contributed by atoms with Gasteiger partial charge in [0.2, 0.25) is 0 Å². The van der Waals surface area contributed by atoms with Gasteiger partial charge in [-0.2, -0.15) is 0 Å². The van der Waals surface area contributed by atoms with Crippen LogP contribution in [0.25, 0.3) is 0 Å². The first-order chi connectivity index (χ1) is 8.76. The second kappa shape index (κ2) is 6.00. The lowest BCUT2D eigenvalue weighted by Crippen LogP contribution is -2.39. The Morgan fingerprint density at radius 3 is 3.00 bits per heavy atom. The SMILES string of the molecule is CCc1nc(NC)cc(N2CCCC(OC)C2)n1. The molecule has 0 aromatic carbocycles. The topological polar surface area (TPSA) is 50.3 Å². The molecule has 1 N–H and O–H groups in total. The van der Waals surface area contributed by atoms with Gasteiger partial charge in [-0.3, -0.25) is 0 Å². The lowest BCUT2D eigenvalue weighted by molar-refractivity contribution is 0.0891. The Balaban J connectivity index is 2.20. The number of aromatic nitrogens is 2. The van der Waals surface area contributed by atoms with Crippen molar-refractivity contribution < 1.29 is 4.74 Å². The third kappa shape index (κ3) is 2.90. The fourth-order valence-corrected chi connectivity index (χ4v) is 2.27. The van der Waals surface area contributed by atoms with Crippen molar-refractivity contribution in [2.45, 2.75) is 32.3 Å². The van der Waals surface area contributed by atoms with Crippen LogP contribution in [0, 0.1) is 0 Å². The molecule has 18 heavy (non-hydrogen) atoms. The van der Waals surface area contributed by atoms with E-state index in [-0.39, 0.29) is 0 Å². The Morgan fingerprint density at radius 2 is 2.33 bits per heavy atom. The van der Waals surface area contributed by atoms with E-state index < -0.39 is 0 Å². The molecule has 2 rings (SSSR count). The molecule has 2 heterocycles. The zero-order valence-corrected chi connectivity index (χ0v) is 11.4. The van der Waals surface area contributed by atoms with Gasteiger partial charge in [0.15, 0.2) is 0 Å². The van der Waals surface area contributed by atoms with Crippen molar-refractivity contribution in [3.05, 3.63) is 11.9 Å². The van der Waals surface area contributed by atoms with E-state index in [1.807, 2.05) is 13.1 Å². The third-order valence-electron chi connectivity index (χ3n) is 3.37. The zero-order valence-electron chi connectivity index (χ0n) is 11.4. The summed E-state index contributed by atoms with van der Waals surface area (Å²) < 4.78 is 5.46. The minimum absolute atomic E-state index is 0.317. The van der Waals surface area contributed by atoms with Gasteiger partial charge in [0.25, 0.3) is 0 Å². The van der Waals surface area contributed by atoms with E-state index in [0.29, 0.717) is 6.10 Å². The van der Waals surface area contributed by atoms with Crippen LogP contribution in [0.15, 0.2) is 6.07 Å². The largest absolute Gasteiger partial charge is 0.380 e. The van der Waals surface area contributed by atoms with E-state index in [1.165, 1.54) is 0 Å². The van der Waals surface area contributed by atoms with Crippen molar-refractivity contribution in [1.82, 2.24) is 9.97 Å². The molecule has 1 aliphatic rings. The molecule has 1 fully saturated rings. The summed E-state index contributed by atoms with van der Waals surface area (Å²) >= 11 is 0. The highest BCUT2D eigenvalue weighted by Gasteiger charge is 2.21. The number of rotatable bonds is 4. The van der Waals surface area contributed by atoms with Crippen LogP contribution in [0.2, 0.25) is 0 Å². The quantitative estimate of drug-likeness (QED) is 0.881. The molecule has 1 saturated heterocycles. The molecule has 1 aromatic rings. The fourth-order valence-electron chi connectivity index (χ4n) is 2.27. The van der Waals surface area contributed by atoms with Gasteiger partial charge >= 0.3 is 0 Å². The summed E-state index contributed by atoms with van der Waals surface area (Å²) in [5.41, 5.74) is 0. The summed E-state index contributed by atoms with van der Waals surface area (Å²) in [7, 11) is 3.67. The molecule has 0 radical (unpaired) electrons. The molecule has 1 aliphatic heterocycles. The normalized spacial score (nSPS) is 19.9. The van der Waals surface area contributed by atoms with Crippen LogP contribution >= 0.6 is 0 Å². The monoisotopic (exact) mass is 250 g/mol. The lowest BCUT2D eigenvalue weighted by atomic mass is 10.1. The smallest absolute Gasteiger partial charge is 0.134 e. The van der Waals surface area contributed by atoms with Crippen LogP contribution in [0.5, 0.6) is 0 Å². The second-order valence-electron chi connectivity index (χ2n) is 4.58. The van der Waals surface area contributed by atoms with Crippen molar-refractivity contribution in [1.29, 1.82) is 0 Å². The standard InChI is InChI=1S/C13H22N4O/c1-4-11-15-12(14-2)8-13(16-11)17-7-5-6-10(9-17)18-3/h8,10H,4-7,9H2,1-3H3,(H,14,15,16). The van der Waals surface area contributed by atoms with Crippen molar-refractivity contribution in [2.75, 3.05) is 37.5 Å². The van der Waals surface area contributed by atoms with Gasteiger partial charge in [-0.25, -0.2) is 9.97 Å². The highest BCUT2D eigenvalue weighted by atomic mass is 16.5. The van der Waals surface area contributed by atoms with E-state index in [1.54, 1.807) is 7.11 Å². The Labute approximate surface area is 109 Å². The molecule has 1 aromatic heterocycles. The Bertz CT molecular complexity index is 374. The van der Waals surface area contributed by atoms with Gasteiger partial charge < -0.3 is 15.0 Å². The number of piperidine rings is 1. The van der Waals surface area contributed by atoms with Gasteiger partial charge in [-0.1, -0.05) is 6.92 Å². The number of hydrogen-bond acceptors (Lipinski definition) is 5. The maximum Gasteiger partial charge on any atom is 0.134 e. The molecule has 1 atom stereocenters. The van der Waals surface area contributed by atoms with Crippen LogP contribution in [0.4, 0.5) is 11.6 Å². The predicted molar refractivity (Wildman–Crippen MR) is 73.2 cm³/mol. The summed E-state index contributed by atoms with van der Waals surface area (Å²) in [4.78, 5) is 11.3. The fraction of sp³-hybridized carbons (Fsp3) is 0.692. The number of nitrogens with one attached hydrogen (secondary N) is 1. The average molecular weight is 250 g/mol. The van der Waals surface area contributed by atoms with Gasteiger partial charge in [0, 0.05) is 39.7 Å². The summed E-state index contributed by atoms with van der Waals surface area (Å²) in [6.45, 7) is 4.04. The van der Waals surface area contributed by atoms with Gasteiger partial charge in [-0.15, -0.1) is 0 Å². The Hall–Kier alpha value is -1.36. The number of anilines is 2. The number of hydrogen-bond donors (Lipinski definition) is 1. The van der Waals surface area contributed by atoms with Crippen LogP contribution in [-0.2, 0) is 11.2 Å². The first-order valence-corrected chi connectivity index (χ1v) is 6.60. The van der Waals surface area contributed by atoms with E-state index in [0.717, 1.165) is 49.8 Å². The molecule has 100 valence electrons. The molecule has 0 bridgehead atoms. The molecular weight excluding hydrogens is 228 g/mol. The molecular formula is C13H22N4O. The Morgan fingerprint density at radius 1 is 1.50 bits per heavy atom. The van der Waals surface area contributed by atoms with E-state index >= 15 is 0 Å². The minimum Gasteiger partial charge on any atom is -0.380 e. The summed E-state index contributed by atoms with van der Waals surface area (Å²) in [5.74, 6) is 2.78. The molecule has 0 spiro atoms. The Kier molecular flexibility index (Phi) is 4.36. The minimum atomic E-state index is 0.317. The highest BCUT2D eigenvalue weighted by Crippen LogP contribution is 2.21. The molecule has 0 aliphatic carbocycles. The van der Waals surface area contributed by atoms with Crippen molar-refractivity contribution >= 4 is 11.6 Å². The molecule has 0 amide bonds. The average Bonchev–Trinajstić information content (AvgIpc) is 2.46. The highest BCUT2D eigenvalue weighted by molar-refractivity contribution is 5.49. The van der Waals surface area contributed by atoms with Crippen LogP contribution in [0.3, 0.4) is 0 Å². The molecule has 5 heteroatoms. The van der Waals surface area contributed by atoms with E-state index in [4.69, 9.17) is 4.74 Å². The van der Waals surface area contributed by atoms with Crippen molar-refractivity contribution in [3.8, 4) is 0 Å². The van der Waals surface area contributed by atoms with Crippen molar-refractivity contribution in [3.63, 3.8) is 0 Å². The molecule has 1 unspecified atom stereocenters. The van der Waals surface area contributed by atoms with Crippen LogP contribution < -0.4 is 10.2 Å².